The van der Waals surface area contributed by atoms with Gasteiger partial charge in [-0.3, -0.25) is 9.48 Å². The quantitative estimate of drug-likeness (QED) is 0.821. The lowest BCUT2D eigenvalue weighted by atomic mass is 10.0. The summed E-state index contributed by atoms with van der Waals surface area (Å²) >= 11 is 0. The first-order valence-corrected chi connectivity index (χ1v) is 7.08. The van der Waals surface area contributed by atoms with Crippen LogP contribution >= 0.6 is 0 Å². The summed E-state index contributed by atoms with van der Waals surface area (Å²) in [6.45, 7) is 0.472. The summed E-state index contributed by atoms with van der Waals surface area (Å²) in [4.78, 5) is 14.2. The Balaban J connectivity index is 1.97. The number of nitrogens with one attached hydrogen (secondary N) is 1. The molecule has 2 rings (SSSR count). The van der Waals surface area contributed by atoms with Crippen LogP contribution in [-0.4, -0.2) is 51.9 Å². The molecule has 1 unspecified atom stereocenters. The molecule has 1 aromatic rings. The van der Waals surface area contributed by atoms with E-state index in [1.54, 1.807) is 10.9 Å². The number of carbonyl (C=O) groups excluding carboxylic acids is 1. The van der Waals surface area contributed by atoms with E-state index < -0.39 is 5.60 Å². The number of rotatable bonds is 5. The third-order valence-corrected chi connectivity index (χ3v) is 4.04. The largest absolute Gasteiger partial charge is 0.380 e. The Morgan fingerprint density at radius 1 is 1.55 bits per heavy atom. The SMILES string of the molecule is CN(C)C(CNC(=O)C1(O)CCCC1)c1cnn(C)c1. The molecule has 1 atom stereocenters. The van der Waals surface area contributed by atoms with Gasteiger partial charge >= 0.3 is 0 Å². The first-order valence-electron chi connectivity index (χ1n) is 7.08. The zero-order chi connectivity index (χ0) is 14.8. The minimum Gasteiger partial charge on any atom is -0.380 e. The van der Waals surface area contributed by atoms with Crippen molar-refractivity contribution in [1.82, 2.24) is 20.0 Å². The maximum Gasteiger partial charge on any atom is 0.252 e. The normalized spacial score (nSPS) is 19.2. The lowest BCUT2D eigenvalue weighted by Gasteiger charge is -2.26. The summed E-state index contributed by atoms with van der Waals surface area (Å²) in [5, 5.41) is 17.3. The van der Waals surface area contributed by atoms with Crippen LogP contribution in [0, 0.1) is 0 Å². The Kier molecular flexibility index (Phi) is 4.45. The van der Waals surface area contributed by atoms with Crippen LogP contribution in [0.5, 0.6) is 0 Å². The van der Waals surface area contributed by atoms with Crippen LogP contribution in [0.25, 0.3) is 0 Å². The Morgan fingerprint density at radius 2 is 2.20 bits per heavy atom. The molecule has 0 bridgehead atoms. The molecule has 1 amide bonds. The number of amides is 1. The van der Waals surface area contributed by atoms with E-state index in [-0.39, 0.29) is 11.9 Å². The minimum absolute atomic E-state index is 0.0534. The summed E-state index contributed by atoms with van der Waals surface area (Å²) in [7, 11) is 5.80. The van der Waals surface area contributed by atoms with Gasteiger partial charge < -0.3 is 15.3 Å². The van der Waals surface area contributed by atoms with E-state index in [4.69, 9.17) is 0 Å². The Bertz CT molecular complexity index is 463. The van der Waals surface area contributed by atoms with Crippen molar-refractivity contribution in [3.8, 4) is 0 Å². The van der Waals surface area contributed by atoms with E-state index in [0.29, 0.717) is 19.4 Å². The molecule has 6 nitrogen and oxygen atoms in total. The average Bonchev–Trinajstić information content (AvgIpc) is 2.99. The Hall–Kier alpha value is -1.40. The molecule has 6 heteroatoms. The van der Waals surface area contributed by atoms with E-state index in [0.717, 1.165) is 18.4 Å². The van der Waals surface area contributed by atoms with Crippen LogP contribution in [0.15, 0.2) is 12.4 Å². The van der Waals surface area contributed by atoms with Gasteiger partial charge in [-0.1, -0.05) is 0 Å². The Labute approximate surface area is 119 Å². The molecule has 0 spiro atoms. The van der Waals surface area contributed by atoms with Crippen molar-refractivity contribution < 1.29 is 9.90 Å². The molecular formula is C14H24N4O2. The van der Waals surface area contributed by atoms with Gasteiger partial charge in [-0.15, -0.1) is 0 Å². The van der Waals surface area contributed by atoms with E-state index in [1.807, 2.05) is 32.2 Å². The third-order valence-electron chi connectivity index (χ3n) is 4.04. The molecule has 1 heterocycles. The Morgan fingerprint density at radius 3 is 2.70 bits per heavy atom. The van der Waals surface area contributed by atoms with Gasteiger partial charge in [0.1, 0.15) is 5.60 Å². The summed E-state index contributed by atoms with van der Waals surface area (Å²) in [6.07, 6.45) is 6.73. The highest BCUT2D eigenvalue weighted by atomic mass is 16.3. The second kappa shape index (κ2) is 5.93. The van der Waals surface area contributed by atoms with Crippen molar-refractivity contribution in [1.29, 1.82) is 0 Å². The summed E-state index contributed by atoms with van der Waals surface area (Å²) in [6, 6.07) is 0.0534. The van der Waals surface area contributed by atoms with Gasteiger partial charge in [0.2, 0.25) is 0 Å². The number of aliphatic hydroxyl groups is 1. The molecule has 1 aliphatic rings. The van der Waals surface area contributed by atoms with Crippen molar-refractivity contribution in [3.05, 3.63) is 18.0 Å². The van der Waals surface area contributed by atoms with E-state index >= 15 is 0 Å². The molecule has 0 aliphatic heterocycles. The number of likely N-dealkylation sites (N-methyl/N-ethyl adjacent to an activating group) is 1. The lowest BCUT2D eigenvalue weighted by molar-refractivity contribution is -0.139. The predicted octanol–water partition coefficient (Wildman–Crippen LogP) is 0.444. The fourth-order valence-corrected chi connectivity index (χ4v) is 2.75. The van der Waals surface area contributed by atoms with Crippen molar-refractivity contribution in [2.75, 3.05) is 20.6 Å². The minimum atomic E-state index is -1.16. The van der Waals surface area contributed by atoms with Crippen LogP contribution in [0.1, 0.15) is 37.3 Å². The lowest BCUT2D eigenvalue weighted by Crippen LogP contribution is -2.47. The van der Waals surface area contributed by atoms with Gasteiger partial charge in [0, 0.05) is 25.4 Å². The molecule has 1 aliphatic carbocycles. The summed E-state index contributed by atoms with van der Waals surface area (Å²) in [5.74, 6) is -0.245. The van der Waals surface area contributed by atoms with E-state index in [1.165, 1.54) is 0 Å². The summed E-state index contributed by atoms with van der Waals surface area (Å²) < 4.78 is 1.75. The van der Waals surface area contributed by atoms with E-state index in [2.05, 4.69) is 10.4 Å². The molecule has 1 aromatic heterocycles. The van der Waals surface area contributed by atoms with Crippen LogP contribution in [0.3, 0.4) is 0 Å². The average molecular weight is 280 g/mol. The number of carbonyl (C=O) groups is 1. The van der Waals surface area contributed by atoms with Gasteiger partial charge in [-0.25, -0.2) is 0 Å². The van der Waals surface area contributed by atoms with Crippen molar-refractivity contribution in [2.45, 2.75) is 37.3 Å². The fraction of sp³-hybridized carbons (Fsp3) is 0.714. The van der Waals surface area contributed by atoms with Crippen molar-refractivity contribution in [3.63, 3.8) is 0 Å². The highest BCUT2D eigenvalue weighted by Crippen LogP contribution is 2.29. The summed E-state index contributed by atoms with van der Waals surface area (Å²) in [5.41, 5.74) is -0.109. The highest BCUT2D eigenvalue weighted by Gasteiger charge is 2.38. The van der Waals surface area contributed by atoms with Crippen molar-refractivity contribution in [2.24, 2.45) is 7.05 Å². The van der Waals surface area contributed by atoms with Gasteiger partial charge in [0.25, 0.3) is 5.91 Å². The van der Waals surface area contributed by atoms with Crippen LogP contribution < -0.4 is 5.32 Å². The second-order valence-corrected chi connectivity index (χ2v) is 5.88. The highest BCUT2D eigenvalue weighted by molar-refractivity contribution is 5.85. The number of aryl methyl sites for hydroxylation is 1. The molecule has 0 radical (unpaired) electrons. The molecule has 20 heavy (non-hydrogen) atoms. The molecular weight excluding hydrogens is 256 g/mol. The first-order chi connectivity index (χ1) is 9.42. The van der Waals surface area contributed by atoms with Gasteiger partial charge in [0.15, 0.2) is 0 Å². The third kappa shape index (κ3) is 3.19. The topological polar surface area (TPSA) is 70.4 Å². The maximum absolute atomic E-state index is 12.1. The van der Waals surface area contributed by atoms with Gasteiger partial charge in [0.05, 0.1) is 12.2 Å². The van der Waals surface area contributed by atoms with Gasteiger partial charge in [-0.05, 0) is 39.8 Å². The van der Waals surface area contributed by atoms with Gasteiger partial charge in [-0.2, -0.15) is 5.10 Å². The number of aromatic nitrogens is 2. The second-order valence-electron chi connectivity index (χ2n) is 5.88. The fourth-order valence-electron chi connectivity index (χ4n) is 2.75. The molecule has 0 aromatic carbocycles. The number of hydrogen-bond acceptors (Lipinski definition) is 4. The zero-order valence-electron chi connectivity index (χ0n) is 12.5. The monoisotopic (exact) mass is 280 g/mol. The number of nitrogens with zero attached hydrogens (tertiary/aromatic N) is 3. The van der Waals surface area contributed by atoms with Crippen LogP contribution in [0.2, 0.25) is 0 Å². The smallest absolute Gasteiger partial charge is 0.252 e. The van der Waals surface area contributed by atoms with Crippen molar-refractivity contribution >= 4 is 5.91 Å². The first kappa shape index (κ1) is 15.0. The molecule has 1 fully saturated rings. The zero-order valence-corrected chi connectivity index (χ0v) is 12.5. The van der Waals surface area contributed by atoms with Crippen LogP contribution in [0.4, 0.5) is 0 Å². The standard InChI is InChI=1S/C14H24N4O2/c1-17(2)12(11-8-16-18(3)10-11)9-15-13(19)14(20)6-4-5-7-14/h8,10,12,20H,4-7,9H2,1-3H3,(H,15,19). The molecule has 2 N–H and O–H groups in total. The predicted molar refractivity (Wildman–Crippen MR) is 76.1 cm³/mol. The molecule has 112 valence electrons. The molecule has 0 saturated heterocycles. The maximum atomic E-state index is 12.1. The molecule has 1 saturated carbocycles. The number of hydrogen-bond donors (Lipinski definition) is 2. The van der Waals surface area contributed by atoms with E-state index in [9.17, 15) is 9.90 Å². The van der Waals surface area contributed by atoms with Crippen LogP contribution in [-0.2, 0) is 11.8 Å².